The first-order valence-corrected chi connectivity index (χ1v) is 13.5. The predicted molar refractivity (Wildman–Crippen MR) is 157 cm³/mol. The highest BCUT2D eigenvalue weighted by Crippen LogP contribution is 2.35. The minimum atomic E-state index is -4.69. The van der Waals surface area contributed by atoms with Gasteiger partial charge in [0.2, 0.25) is 0 Å². The average molecular weight is 589 g/mol. The summed E-state index contributed by atoms with van der Waals surface area (Å²) in [5.41, 5.74) is 4.37. The lowest BCUT2D eigenvalue weighted by molar-refractivity contribution is -0.138. The van der Waals surface area contributed by atoms with Crippen molar-refractivity contribution in [2.45, 2.75) is 39.5 Å². The Labute approximate surface area is 245 Å². The third-order valence-corrected chi connectivity index (χ3v) is 7.80. The van der Waals surface area contributed by atoms with E-state index in [1.165, 1.54) is 6.92 Å². The molecule has 0 radical (unpaired) electrons. The van der Waals surface area contributed by atoms with Crippen LogP contribution in [0.4, 0.5) is 17.6 Å². The predicted octanol–water partition coefficient (Wildman–Crippen LogP) is 8.32. The molecule has 1 atom stereocenters. The number of carboxylic acid groups (broad SMARTS) is 1. The van der Waals surface area contributed by atoms with Crippen LogP contribution >= 0.6 is 0 Å². The van der Waals surface area contributed by atoms with E-state index in [0.29, 0.717) is 18.2 Å². The van der Waals surface area contributed by atoms with Crippen molar-refractivity contribution in [3.8, 4) is 11.1 Å². The lowest BCUT2D eigenvalue weighted by Crippen LogP contribution is -2.28. The second kappa shape index (κ2) is 11.4. The van der Waals surface area contributed by atoms with E-state index in [1.807, 2.05) is 38.1 Å². The Kier molecular flexibility index (Phi) is 7.84. The number of fused-ring (bicyclic) bond motifs is 1. The fourth-order valence-electron chi connectivity index (χ4n) is 5.40. The van der Waals surface area contributed by atoms with E-state index in [0.717, 1.165) is 45.4 Å². The zero-order valence-electron chi connectivity index (χ0n) is 23.6. The molecular formula is C34H28F4N2O3. The summed E-state index contributed by atoms with van der Waals surface area (Å²) < 4.78 is 56.4. The second-order valence-corrected chi connectivity index (χ2v) is 10.5. The summed E-state index contributed by atoms with van der Waals surface area (Å²) in [4.78, 5) is 24.7. The van der Waals surface area contributed by atoms with Crippen molar-refractivity contribution in [2.24, 2.45) is 0 Å². The van der Waals surface area contributed by atoms with Gasteiger partial charge in [0, 0.05) is 28.7 Å². The molecule has 1 aromatic heterocycles. The second-order valence-electron chi connectivity index (χ2n) is 10.5. The van der Waals surface area contributed by atoms with E-state index >= 15 is 0 Å². The van der Waals surface area contributed by atoms with Gasteiger partial charge in [-0.25, -0.2) is 9.18 Å². The van der Waals surface area contributed by atoms with Crippen LogP contribution in [0.25, 0.3) is 22.0 Å². The summed E-state index contributed by atoms with van der Waals surface area (Å²) in [6.45, 7) is 5.82. The minimum absolute atomic E-state index is 0.226. The molecule has 0 aliphatic carbocycles. The molecule has 1 amide bonds. The van der Waals surface area contributed by atoms with E-state index in [1.54, 1.807) is 42.5 Å². The zero-order chi connectivity index (χ0) is 31.1. The number of hydrogen-bond donors (Lipinski definition) is 2. The number of benzene rings is 4. The van der Waals surface area contributed by atoms with Crippen LogP contribution in [0.2, 0.25) is 0 Å². The summed E-state index contributed by atoms with van der Waals surface area (Å²) in [5.74, 6) is -2.39. The number of carbonyl (C=O) groups excluding carboxylic acids is 1. The number of carbonyl (C=O) groups is 2. The minimum Gasteiger partial charge on any atom is -0.478 e. The molecule has 1 heterocycles. The van der Waals surface area contributed by atoms with Crippen LogP contribution in [-0.4, -0.2) is 21.6 Å². The average Bonchev–Trinajstić information content (AvgIpc) is 3.21. The van der Waals surface area contributed by atoms with Crippen LogP contribution < -0.4 is 5.32 Å². The van der Waals surface area contributed by atoms with E-state index in [2.05, 4.69) is 9.88 Å². The first kappa shape index (κ1) is 29.6. The Morgan fingerprint density at radius 2 is 1.63 bits per heavy atom. The number of rotatable bonds is 7. The summed E-state index contributed by atoms with van der Waals surface area (Å²) in [5, 5.41) is 12.9. The Bertz CT molecular complexity index is 1860. The molecule has 0 bridgehead atoms. The number of nitrogens with zero attached hydrogens (tertiary/aromatic N) is 1. The largest absolute Gasteiger partial charge is 0.478 e. The van der Waals surface area contributed by atoms with E-state index in [-0.39, 0.29) is 16.7 Å². The number of nitrogens with one attached hydrogen (secondary N) is 1. The maximum Gasteiger partial charge on any atom is 0.416 e. The van der Waals surface area contributed by atoms with Crippen LogP contribution in [-0.2, 0) is 12.7 Å². The first-order valence-electron chi connectivity index (χ1n) is 13.5. The van der Waals surface area contributed by atoms with Crippen molar-refractivity contribution < 1.29 is 32.3 Å². The first-order chi connectivity index (χ1) is 20.3. The molecule has 0 aliphatic rings. The molecule has 0 spiro atoms. The van der Waals surface area contributed by atoms with Gasteiger partial charge in [0.15, 0.2) is 0 Å². The fraction of sp³-hybridized carbons (Fsp3) is 0.176. The van der Waals surface area contributed by atoms with Crippen molar-refractivity contribution in [2.75, 3.05) is 0 Å². The molecule has 5 aromatic rings. The van der Waals surface area contributed by atoms with Crippen molar-refractivity contribution in [3.05, 3.63) is 130 Å². The molecule has 0 unspecified atom stereocenters. The number of halogens is 4. The third kappa shape index (κ3) is 5.88. The number of carboxylic acids is 1. The van der Waals surface area contributed by atoms with Gasteiger partial charge in [-0.1, -0.05) is 42.5 Å². The number of amides is 1. The van der Waals surface area contributed by atoms with Gasteiger partial charge in [-0.05, 0) is 91.1 Å². The third-order valence-electron chi connectivity index (χ3n) is 7.80. The van der Waals surface area contributed by atoms with Gasteiger partial charge in [-0.15, -0.1) is 0 Å². The molecule has 2 N–H and O–H groups in total. The lowest BCUT2D eigenvalue weighted by atomic mass is 9.99. The monoisotopic (exact) mass is 588 g/mol. The van der Waals surface area contributed by atoms with Crippen LogP contribution in [0, 0.1) is 19.7 Å². The highest BCUT2D eigenvalue weighted by Gasteiger charge is 2.35. The Morgan fingerprint density at radius 3 is 2.30 bits per heavy atom. The fourth-order valence-corrected chi connectivity index (χ4v) is 5.40. The van der Waals surface area contributed by atoms with E-state index < -0.39 is 35.5 Å². The molecule has 0 saturated heterocycles. The van der Waals surface area contributed by atoms with Crippen LogP contribution in [0.5, 0.6) is 0 Å². The van der Waals surface area contributed by atoms with Gasteiger partial charge in [0.1, 0.15) is 5.82 Å². The molecule has 5 rings (SSSR count). The molecule has 4 aromatic carbocycles. The number of hydrogen-bond acceptors (Lipinski definition) is 2. The Morgan fingerprint density at radius 1 is 0.930 bits per heavy atom. The Balaban J connectivity index is 1.39. The maximum atomic E-state index is 13.8. The quantitative estimate of drug-likeness (QED) is 0.188. The molecule has 0 saturated carbocycles. The smallest absolute Gasteiger partial charge is 0.416 e. The van der Waals surface area contributed by atoms with Crippen molar-refractivity contribution in [3.63, 3.8) is 0 Å². The van der Waals surface area contributed by atoms with Gasteiger partial charge >= 0.3 is 12.1 Å². The normalized spacial score (nSPS) is 12.3. The summed E-state index contributed by atoms with van der Waals surface area (Å²) in [6, 6.07) is 20.7. The van der Waals surface area contributed by atoms with Gasteiger partial charge in [0.05, 0.1) is 17.2 Å². The molecule has 9 heteroatoms. The molecular weight excluding hydrogens is 560 g/mol. The van der Waals surface area contributed by atoms with Gasteiger partial charge < -0.3 is 15.0 Å². The Hall–Kier alpha value is -4.92. The highest BCUT2D eigenvalue weighted by molar-refractivity contribution is 5.99. The highest BCUT2D eigenvalue weighted by atomic mass is 19.4. The summed E-state index contributed by atoms with van der Waals surface area (Å²) in [6.07, 6.45) is -4.69. The summed E-state index contributed by atoms with van der Waals surface area (Å²) in [7, 11) is 0. The number of aryl methyl sites for hydroxylation is 1. The van der Waals surface area contributed by atoms with E-state index in [9.17, 15) is 32.3 Å². The number of aromatic nitrogens is 1. The molecule has 220 valence electrons. The standard InChI is InChI=1S/C34H28F4N2O3/c1-19-21(3)40(18-22-8-10-23(11-9-22)26-6-4-5-7-27(26)33(42)43)31-15-12-24(16-28(19)31)32(41)39-20(2)29-17-25(35)13-14-30(29)34(36,37)38/h4-17,20H,18H2,1-3H3,(H,39,41)(H,42,43)/t20-/m0/s1. The van der Waals surface area contributed by atoms with Crippen molar-refractivity contribution >= 4 is 22.8 Å². The van der Waals surface area contributed by atoms with Crippen LogP contribution in [0.1, 0.15) is 61.6 Å². The van der Waals surface area contributed by atoms with E-state index in [4.69, 9.17) is 0 Å². The lowest BCUT2D eigenvalue weighted by Gasteiger charge is -2.20. The molecule has 43 heavy (non-hydrogen) atoms. The maximum absolute atomic E-state index is 13.8. The van der Waals surface area contributed by atoms with Gasteiger partial charge in [-0.2, -0.15) is 13.2 Å². The van der Waals surface area contributed by atoms with Crippen LogP contribution in [0.15, 0.2) is 84.9 Å². The summed E-state index contributed by atoms with van der Waals surface area (Å²) >= 11 is 0. The van der Waals surface area contributed by atoms with Gasteiger partial charge in [-0.3, -0.25) is 4.79 Å². The zero-order valence-corrected chi connectivity index (χ0v) is 23.6. The van der Waals surface area contributed by atoms with Gasteiger partial charge in [0.25, 0.3) is 5.91 Å². The molecule has 0 fully saturated rings. The number of aromatic carboxylic acids is 1. The number of alkyl halides is 3. The topological polar surface area (TPSA) is 71.3 Å². The van der Waals surface area contributed by atoms with Crippen molar-refractivity contribution in [1.82, 2.24) is 9.88 Å². The molecule has 5 nitrogen and oxygen atoms in total. The molecule has 0 aliphatic heterocycles. The van der Waals surface area contributed by atoms with Crippen LogP contribution in [0.3, 0.4) is 0 Å². The SMILES string of the molecule is Cc1c(C)n(Cc2ccc(-c3ccccc3C(=O)O)cc2)c2ccc(C(=O)N[C@@H](C)c3cc(F)ccc3C(F)(F)F)cc12. The van der Waals surface area contributed by atoms with Crippen molar-refractivity contribution in [1.29, 1.82) is 0 Å².